The van der Waals surface area contributed by atoms with Crippen LogP contribution in [0.15, 0.2) is 53.4 Å². The van der Waals surface area contributed by atoms with E-state index in [1.54, 1.807) is 13.2 Å². The van der Waals surface area contributed by atoms with Crippen molar-refractivity contribution in [3.8, 4) is 11.5 Å². The zero-order chi connectivity index (χ0) is 16.9. The van der Waals surface area contributed by atoms with E-state index in [2.05, 4.69) is 13.0 Å². The number of anilines is 1. The first-order chi connectivity index (χ1) is 11.7. The summed E-state index contributed by atoms with van der Waals surface area (Å²) in [4.78, 5) is 15.7. The van der Waals surface area contributed by atoms with Crippen LogP contribution >= 0.6 is 11.8 Å². The van der Waals surface area contributed by atoms with Crippen LogP contribution in [0.1, 0.15) is 13.3 Å². The summed E-state index contributed by atoms with van der Waals surface area (Å²) < 4.78 is 11.0. The third-order valence-electron chi connectivity index (χ3n) is 3.96. The van der Waals surface area contributed by atoms with Gasteiger partial charge in [-0.2, -0.15) is 0 Å². The molecule has 0 spiro atoms. The number of thioether (sulfide) groups is 1. The number of para-hydroxylation sites is 3. The van der Waals surface area contributed by atoms with Crippen LogP contribution in [0.25, 0.3) is 0 Å². The van der Waals surface area contributed by atoms with Gasteiger partial charge in [0.05, 0.1) is 12.8 Å². The van der Waals surface area contributed by atoms with E-state index in [9.17, 15) is 4.79 Å². The molecule has 1 amide bonds. The molecule has 0 fully saturated rings. The van der Waals surface area contributed by atoms with E-state index in [1.165, 1.54) is 0 Å². The number of carbonyl (C=O) groups is 1. The fraction of sp³-hybridized carbons (Fsp3) is 0.316. The monoisotopic (exact) mass is 343 g/mol. The molecule has 0 N–H and O–H groups in total. The van der Waals surface area contributed by atoms with Gasteiger partial charge < -0.3 is 14.4 Å². The molecule has 1 atom stereocenters. The van der Waals surface area contributed by atoms with E-state index < -0.39 is 0 Å². The third-order valence-corrected chi connectivity index (χ3v) is 5.20. The molecular formula is C19H21NO3S. The van der Waals surface area contributed by atoms with Gasteiger partial charge in [0.2, 0.25) is 0 Å². The maximum atomic E-state index is 12.7. The molecule has 2 aromatic rings. The highest BCUT2D eigenvalue weighted by Gasteiger charge is 2.24. The lowest BCUT2D eigenvalue weighted by molar-refractivity contribution is -0.120. The van der Waals surface area contributed by atoms with Gasteiger partial charge in [0, 0.05) is 16.7 Å². The number of hydrogen-bond acceptors (Lipinski definition) is 4. The lowest BCUT2D eigenvalue weighted by atomic mass is 10.2. The van der Waals surface area contributed by atoms with Crippen LogP contribution in [0.5, 0.6) is 11.5 Å². The van der Waals surface area contributed by atoms with Crippen LogP contribution < -0.4 is 14.4 Å². The van der Waals surface area contributed by atoms with Crippen LogP contribution in [0.4, 0.5) is 5.69 Å². The zero-order valence-electron chi connectivity index (χ0n) is 13.9. The number of ether oxygens (including phenoxy) is 2. The van der Waals surface area contributed by atoms with Gasteiger partial charge in [-0.25, -0.2) is 0 Å². The topological polar surface area (TPSA) is 38.8 Å². The number of amides is 1. The molecule has 0 aliphatic carbocycles. The Morgan fingerprint density at radius 1 is 1.17 bits per heavy atom. The van der Waals surface area contributed by atoms with Crippen LogP contribution in [0.3, 0.4) is 0 Å². The van der Waals surface area contributed by atoms with Gasteiger partial charge in [0.1, 0.15) is 0 Å². The molecule has 4 nitrogen and oxygen atoms in total. The number of fused-ring (bicyclic) bond motifs is 1. The summed E-state index contributed by atoms with van der Waals surface area (Å²) in [7, 11) is 1.59. The second-order valence-corrected chi connectivity index (χ2v) is 7.15. The highest BCUT2D eigenvalue weighted by molar-refractivity contribution is 8.00. The van der Waals surface area contributed by atoms with Gasteiger partial charge in [0.15, 0.2) is 18.1 Å². The molecule has 0 bridgehead atoms. The van der Waals surface area contributed by atoms with Gasteiger partial charge in [-0.3, -0.25) is 4.79 Å². The minimum atomic E-state index is -0.0388. The van der Waals surface area contributed by atoms with Crippen molar-refractivity contribution in [3.05, 3.63) is 48.5 Å². The summed E-state index contributed by atoms with van der Waals surface area (Å²) in [5.74, 6) is 1.17. The molecule has 0 saturated carbocycles. The molecule has 0 aromatic heterocycles. The Labute approximate surface area is 146 Å². The molecule has 24 heavy (non-hydrogen) atoms. The van der Waals surface area contributed by atoms with Crippen LogP contribution in [0.2, 0.25) is 0 Å². The van der Waals surface area contributed by atoms with Crippen molar-refractivity contribution in [2.75, 3.05) is 25.2 Å². The van der Waals surface area contributed by atoms with Crippen molar-refractivity contribution >= 4 is 23.4 Å². The van der Waals surface area contributed by atoms with Crippen molar-refractivity contribution in [3.63, 3.8) is 0 Å². The average molecular weight is 343 g/mol. The Hall–Kier alpha value is -2.14. The molecule has 2 aromatic carbocycles. The molecule has 1 aliphatic heterocycles. The number of benzene rings is 2. The molecule has 126 valence electrons. The molecule has 1 aliphatic rings. The van der Waals surface area contributed by atoms with Crippen molar-refractivity contribution in [2.24, 2.45) is 0 Å². The predicted octanol–water partition coefficient (Wildman–Crippen LogP) is 3.99. The molecule has 0 saturated heterocycles. The standard InChI is InChI=1S/C19H21NO3S/c1-14-11-12-20(15-7-3-6-10-18(15)24-14)19(21)13-23-17-9-5-4-8-16(17)22-2/h3-10,14H,11-13H2,1-2H3. The number of hydrogen-bond donors (Lipinski definition) is 0. The van der Waals surface area contributed by atoms with Gasteiger partial charge in [-0.05, 0) is 30.7 Å². The van der Waals surface area contributed by atoms with Gasteiger partial charge in [-0.1, -0.05) is 31.2 Å². The molecule has 5 heteroatoms. The summed E-state index contributed by atoms with van der Waals surface area (Å²) in [6.07, 6.45) is 0.958. The smallest absolute Gasteiger partial charge is 0.264 e. The molecular weight excluding hydrogens is 322 g/mol. The van der Waals surface area contributed by atoms with Crippen molar-refractivity contribution in [2.45, 2.75) is 23.5 Å². The van der Waals surface area contributed by atoms with E-state index in [0.717, 1.165) is 17.0 Å². The van der Waals surface area contributed by atoms with E-state index in [4.69, 9.17) is 9.47 Å². The van der Waals surface area contributed by atoms with Crippen molar-refractivity contribution in [1.82, 2.24) is 0 Å². The summed E-state index contributed by atoms with van der Waals surface area (Å²) in [5.41, 5.74) is 0.973. The largest absolute Gasteiger partial charge is 0.493 e. The Morgan fingerprint density at radius 3 is 2.67 bits per heavy atom. The first kappa shape index (κ1) is 16.7. The molecule has 3 rings (SSSR count). The fourth-order valence-electron chi connectivity index (χ4n) is 2.70. The summed E-state index contributed by atoms with van der Waals surface area (Å²) in [5, 5.41) is 0.485. The van der Waals surface area contributed by atoms with E-state index in [-0.39, 0.29) is 12.5 Å². The predicted molar refractivity (Wildman–Crippen MR) is 97.2 cm³/mol. The lowest BCUT2D eigenvalue weighted by Crippen LogP contribution is -2.36. The third kappa shape index (κ3) is 3.67. The summed E-state index contributed by atoms with van der Waals surface area (Å²) >= 11 is 1.82. The Kier molecular flexibility index (Phi) is 5.30. The number of methoxy groups -OCH3 is 1. The highest BCUT2D eigenvalue weighted by atomic mass is 32.2. The highest BCUT2D eigenvalue weighted by Crippen LogP contribution is 2.37. The van der Waals surface area contributed by atoms with Crippen LogP contribution in [-0.4, -0.2) is 31.4 Å². The minimum Gasteiger partial charge on any atom is -0.493 e. The average Bonchev–Trinajstić information content (AvgIpc) is 2.78. The maximum Gasteiger partial charge on any atom is 0.264 e. The van der Waals surface area contributed by atoms with Crippen molar-refractivity contribution in [1.29, 1.82) is 0 Å². The van der Waals surface area contributed by atoms with Crippen LogP contribution in [0, 0.1) is 0 Å². The summed E-state index contributed by atoms with van der Waals surface area (Å²) in [6.45, 7) is 2.90. The van der Waals surface area contributed by atoms with Crippen molar-refractivity contribution < 1.29 is 14.3 Å². The second-order valence-electron chi connectivity index (χ2n) is 5.67. The first-order valence-electron chi connectivity index (χ1n) is 8.01. The van der Waals surface area contributed by atoms with Crippen LogP contribution in [-0.2, 0) is 4.79 Å². The number of rotatable bonds is 4. The Bertz CT molecular complexity index is 719. The molecule has 1 unspecified atom stereocenters. The van der Waals surface area contributed by atoms with E-state index in [0.29, 0.717) is 23.3 Å². The number of carbonyl (C=O) groups excluding carboxylic acids is 1. The lowest BCUT2D eigenvalue weighted by Gasteiger charge is -2.22. The summed E-state index contributed by atoms with van der Waals surface area (Å²) in [6, 6.07) is 15.4. The quantitative estimate of drug-likeness (QED) is 0.841. The fourth-order valence-corrected chi connectivity index (χ4v) is 3.81. The van der Waals surface area contributed by atoms with Gasteiger partial charge in [0.25, 0.3) is 5.91 Å². The second kappa shape index (κ2) is 7.62. The minimum absolute atomic E-state index is 0.00620. The Morgan fingerprint density at radius 2 is 1.88 bits per heavy atom. The zero-order valence-corrected chi connectivity index (χ0v) is 14.7. The van der Waals surface area contributed by atoms with Gasteiger partial charge in [-0.15, -0.1) is 11.8 Å². The molecule has 1 heterocycles. The Balaban J connectivity index is 1.75. The first-order valence-corrected chi connectivity index (χ1v) is 8.89. The number of nitrogens with zero attached hydrogens (tertiary/aromatic N) is 1. The van der Waals surface area contributed by atoms with E-state index >= 15 is 0 Å². The van der Waals surface area contributed by atoms with Gasteiger partial charge >= 0.3 is 0 Å². The molecule has 0 radical (unpaired) electrons. The maximum absolute atomic E-state index is 12.7. The SMILES string of the molecule is COc1ccccc1OCC(=O)N1CCC(C)Sc2ccccc21. The van der Waals surface area contributed by atoms with E-state index in [1.807, 2.05) is 53.1 Å². The normalized spacial score (nSPS) is 16.9.